The van der Waals surface area contributed by atoms with Gasteiger partial charge in [-0.2, -0.15) is 5.26 Å². The summed E-state index contributed by atoms with van der Waals surface area (Å²) in [6.07, 6.45) is 9.01. The topological polar surface area (TPSA) is 27.0 Å². The molecule has 0 N–H and O–H groups in total. The number of hydrogen-bond acceptors (Lipinski definition) is 2. The van der Waals surface area contributed by atoms with Crippen LogP contribution in [0.4, 0.5) is 0 Å². The third kappa shape index (κ3) is 3.45. The van der Waals surface area contributed by atoms with Crippen molar-refractivity contribution < 1.29 is 0 Å². The molecular weight excluding hydrogens is 208 g/mol. The normalized spacial score (nSPS) is 30.3. The Bertz CT molecular complexity index is 275. The minimum Gasteiger partial charge on any atom is -0.296 e. The summed E-state index contributed by atoms with van der Waals surface area (Å²) in [5.41, 5.74) is 0. The molecule has 0 saturated heterocycles. The molecule has 2 unspecified atom stereocenters. The lowest BCUT2D eigenvalue weighted by Crippen LogP contribution is -2.43. The molecule has 2 atom stereocenters. The summed E-state index contributed by atoms with van der Waals surface area (Å²) in [5.74, 6) is 1.01. The van der Waals surface area contributed by atoms with Crippen LogP contribution in [0.1, 0.15) is 58.8 Å². The van der Waals surface area contributed by atoms with Gasteiger partial charge in [-0.05, 0) is 31.6 Å². The van der Waals surface area contributed by atoms with Gasteiger partial charge in [-0.3, -0.25) is 4.90 Å². The van der Waals surface area contributed by atoms with Crippen molar-refractivity contribution in [3.8, 4) is 6.07 Å². The highest BCUT2D eigenvalue weighted by Crippen LogP contribution is 2.35. The molecule has 0 bridgehead atoms. The van der Waals surface area contributed by atoms with Crippen LogP contribution in [0.3, 0.4) is 0 Å². The van der Waals surface area contributed by atoms with Crippen LogP contribution in [0.2, 0.25) is 0 Å². The first-order valence-electron chi connectivity index (χ1n) is 7.37. The van der Waals surface area contributed by atoms with Gasteiger partial charge in [0.05, 0.1) is 12.0 Å². The first-order chi connectivity index (χ1) is 8.22. The zero-order valence-corrected chi connectivity index (χ0v) is 11.4. The van der Waals surface area contributed by atoms with Crippen molar-refractivity contribution in [2.75, 3.05) is 6.54 Å². The highest BCUT2D eigenvalue weighted by molar-refractivity contribution is 4.99. The molecule has 0 radical (unpaired) electrons. The fourth-order valence-electron chi connectivity index (χ4n) is 3.22. The van der Waals surface area contributed by atoms with Crippen molar-refractivity contribution in [3.63, 3.8) is 0 Å². The Balaban J connectivity index is 2.05. The third-order valence-electron chi connectivity index (χ3n) is 4.16. The van der Waals surface area contributed by atoms with E-state index in [1.165, 1.54) is 45.1 Å². The second-order valence-electron chi connectivity index (χ2n) is 6.26. The van der Waals surface area contributed by atoms with Gasteiger partial charge in [-0.25, -0.2) is 0 Å². The van der Waals surface area contributed by atoms with E-state index in [4.69, 9.17) is 0 Å². The monoisotopic (exact) mass is 234 g/mol. The standard InChI is InChI=1S/C15H26N2/c1-12(2)11-17(14-8-9-14)15-7-5-3-4-6-13(15)10-16/h12-15H,3-9,11H2,1-2H3. The van der Waals surface area contributed by atoms with Crippen molar-refractivity contribution in [2.24, 2.45) is 11.8 Å². The predicted octanol–water partition coefficient (Wildman–Crippen LogP) is 3.58. The van der Waals surface area contributed by atoms with Crippen LogP contribution in [-0.4, -0.2) is 23.5 Å². The molecule has 0 aromatic carbocycles. The largest absolute Gasteiger partial charge is 0.296 e. The quantitative estimate of drug-likeness (QED) is 0.695. The Hall–Kier alpha value is -0.550. The Morgan fingerprint density at radius 2 is 1.82 bits per heavy atom. The van der Waals surface area contributed by atoms with Crippen LogP contribution in [0.25, 0.3) is 0 Å². The molecule has 0 aromatic heterocycles. The Morgan fingerprint density at radius 1 is 1.12 bits per heavy atom. The van der Waals surface area contributed by atoms with Crippen LogP contribution in [0.5, 0.6) is 0 Å². The van der Waals surface area contributed by atoms with Gasteiger partial charge in [0.25, 0.3) is 0 Å². The van der Waals surface area contributed by atoms with Crippen LogP contribution in [-0.2, 0) is 0 Å². The summed E-state index contributed by atoms with van der Waals surface area (Å²) >= 11 is 0. The van der Waals surface area contributed by atoms with Crippen molar-refractivity contribution in [1.82, 2.24) is 4.90 Å². The molecule has 17 heavy (non-hydrogen) atoms. The summed E-state index contributed by atoms with van der Waals surface area (Å²) in [5, 5.41) is 9.39. The Kier molecular flexibility index (Phi) is 4.45. The summed E-state index contributed by atoms with van der Waals surface area (Å²) in [6.45, 7) is 5.79. The molecule has 96 valence electrons. The summed E-state index contributed by atoms with van der Waals surface area (Å²) in [7, 11) is 0. The van der Waals surface area contributed by atoms with Gasteiger partial charge in [0, 0.05) is 18.6 Å². The Morgan fingerprint density at radius 3 is 2.41 bits per heavy atom. The van der Waals surface area contributed by atoms with Crippen LogP contribution < -0.4 is 0 Å². The number of nitriles is 1. The highest BCUT2D eigenvalue weighted by Gasteiger charge is 2.37. The number of hydrogen-bond donors (Lipinski definition) is 0. The third-order valence-corrected chi connectivity index (χ3v) is 4.16. The second-order valence-corrected chi connectivity index (χ2v) is 6.26. The average molecular weight is 234 g/mol. The molecule has 0 heterocycles. The fourth-order valence-corrected chi connectivity index (χ4v) is 3.22. The van der Waals surface area contributed by atoms with Crippen LogP contribution >= 0.6 is 0 Å². The minimum atomic E-state index is 0.289. The van der Waals surface area contributed by atoms with Crippen LogP contribution in [0, 0.1) is 23.2 Å². The predicted molar refractivity (Wildman–Crippen MR) is 70.5 cm³/mol. The molecule has 2 aliphatic carbocycles. The lowest BCUT2D eigenvalue weighted by atomic mass is 9.94. The second kappa shape index (κ2) is 5.87. The summed E-state index contributed by atoms with van der Waals surface area (Å²) in [6, 6.07) is 3.94. The Labute approximate surface area is 106 Å². The van der Waals surface area contributed by atoms with Gasteiger partial charge >= 0.3 is 0 Å². The van der Waals surface area contributed by atoms with E-state index in [9.17, 15) is 5.26 Å². The van der Waals surface area contributed by atoms with Crippen molar-refractivity contribution in [3.05, 3.63) is 0 Å². The van der Waals surface area contributed by atoms with Crippen molar-refractivity contribution in [2.45, 2.75) is 70.9 Å². The average Bonchev–Trinajstić information content (AvgIpc) is 3.12. The van der Waals surface area contributed by atoms with E-state index >= 15 is 0 Å². The molecule has 2 saturated carbocycles. The maximum Gasteiger partial charge on any atom is 0.0672 e. The molecule has 2 rings (SSSR count). The fraction of sp³-hybridized carbons (Fsp3) is 0.933. The molecule has 0 aromatic rings. The molecule has 2 aliphatic rings. The van der Waals surface area contributed by atoms with Gasteiger partial charge in [0.1, 0.15) is 0 Å². The molecule has 2 fully saturated rings. The van der Waals surface area contributed by atoms with Gasteiger partial charge in [-0.15, -0.1) is 0 Å². The van der Waals surface area contributed by atoms with Crippen molar-refractivity contribution >= 4 is 0 Å². The first kappa shape index (κ1) is 12.9. The summed E-state index contributed by atoms with van der Waals surface area (Å²) in [4.78, 5) is 2.68. The zero-order chi connectivity index (χ0) is 12.3. The van der Waals surface area contributed by atoms with Gasteiger partial charge in [0.2, 0.25) is 0 Å². The van der Waals surface area contributed by atoms with E-state index in [0.717, 1.165) is 18.4 Å². The molecule has 2 nitrogen and oxygen atoms in total. The van der Waals surface area contributed by atoms with Crippen molar-refractivity contribution in [1.29, 1.82) is 5.26 Å². The van der Waals surface area contributed by atoms with E-state index in [2.05, 4.69) is 24.8 Å². The molecule has 0 spiro atoms. The number of nitrogens with zero attached hydrogens (tertiary/aromatic N) is 2. The molecule has 2 heteroatoms. The number of rotatable bonds is 4. The lowest BCUT2D eigenvalue weighted by Gasteiger charge is -2.35. The summed E-state index contributed by atoms with van der Waals surface area (Å²) < 4.78 is 0. The maximum atomic E-state index is 9.39. The zero-order valence-electron chi connectivity index (χ0n) is 11.4. The molecular formula is C15H26N2. The van der Waals surface area contributed by atoms with E-state index in [-0.39, 0.29) is 5.92 Å². The van der Waals surface area contributed by atoms with Gasteiger partial charge in [0.15, 0.2) is 0 Å². The maximum absolute atomic E-state index is 9.39. The van der Waals surface area contributed by atoms with E-state index in [1.807, 2.05) is 0 Å². The van der Waals surface area contributed by atoms with E-state index in [1.54, 1.807) is 0 Å². The van der Waals surface area contributed by atoms with Gasteiger partial charge < -0.3 is 0 Å². The molecule has 0 amide bonds. The highest BCUT2D eigenvalue weighted by atomic mass is 15.2. The first-order valence-corrected chi connectivity index (χ1v) is 7.37. The smallest absolute Gasteiger partial charge is 0.0672 e. The van der Waals surface area contributed by atoms with E-state index < -0.39 is 0 Å². The van der Waals surface area contributed by atoms with E-state index in [0.29, 0.717) is 6.04 Å². The molecule has 0 aliphatic heterocycles. The van der Waals surface area contributed by atoms with Gasteiger partial charge in [-0.1, -0.05) is 33.1 Å². The SMILES string of the molecule is CC(C)CN(C1CC1)C1CCCCCC1C#N. The van der Waals surface area contributed by atoms with Crippen LogP contribution in [0.15, 0.2) is 0 Å². The minimum absolute atomic E-state index is 0.289. The lowest BCUT2D eigenvalue weighted by molar-refractivity contribution is 0.128.